The molecule has 0 bridgehead atoms. The van der Waals surface area contributed by atoms with E-state index in [0.717, 1.165) is 27.9 Å². The molecule has 5 N–H and O–H groups in total. The number of phenols is 1. The van der Waals surface area contributed by atoms with E-state index in [0.29, 0.717) is 18.8 Å². The number of hydrogen-bond acceptors (Lipinski definition) is 6. The van der Waals surface area contributed by atoms with E-state index in [9.17, 15) is 5.11 Å². The zero-order chi connectivity index (χ0) is 21.4. The number of aromatic nitrogens is 3. The van der Waals surface area contributed by atoms with Crippen molar-refractivity contribution in [3.8, 4) is 17.0 Å². The maximum atomic E-state index is 9.63. The number of H-pyrrole nitrogens is 1. The first-order valence-electron chi connectivity index (χ1n) is 10.4. The monoisotopic (exact) mass is 415 g/mol. The number of pyridine rings is 1. The third-order valence-corrected chi connectivity index (χ3v) is 5.88. The number of nitrogens with zero attached hydrogens (tertiary/aromatic N) is 2. The van der Waals surface area contributed by atoms with Gasteiger partial charge in [-0.25, -0.2) is 4.98 Å². The van der Waals surface area contributed by atoms with Crippen molar-refractivity contribution in [2.75, 3.05) is 13.2 Å². The summed E-state index contributed by atoms with van der Waals surface area (Å²) >= 11 is 0. The van der Waals surface area contributed by atoms with Crippen LogP contribution in [0.4, 0.5) is 0 Å². The molecular formula is C24H25N5O2. The van der Waals surface area contributed by atoms with Gasteiger partial charge in [-0.05, 0) is 48.4 Å². The Labute approximate surface area is 180 Å². The van der Waals surface area contributed by atoms with Crippen molar-refractivity contribution in [2.24, 2.45) is 5.73 Å². The molecule has 0 radical (unpaired) electrons. The van der Waals surface area contributed by atoms with Gasteiger partial charge in [0.25, 0.3) is 0 Å². The fraction of sp³-hybridized carbons (Fsp3) is 0.250. The number of phenolic OH excluding ortho intramolecular Hbond substituents is 1. The molecule has 1 aliphatic heterocycles. The molecule has 3 atom stereocenters. The molecule has 3 heterocycles. The van der Waals surface area contributed by atoms with Gasteiger partial charge in [0, 0.05) is 29.2 Å². The Hall–Kier alpha value is -3.26. The standard InChI is InChI=1S/C24H25N5O2/c1-14-22-18(11-19(27-24(22)29-28-14)16-7-9-17(30)10-8-16)23-21(13-31-23)26-20(12-25)15-5-3-2-4-6-15/h2-11,20-21,23,26,30H,12-13,25H2,1H3,(H,27,28,29). The molecule has 5 rings (SSSR count). The maximum Gasteiger partial charge on any atom is 0.182 e. The maximum absolute atomic E-state index is 9.63. The van der Waals surface area contributed by atoms with Crippen LogP contribution in [0.25, 0.3) is 22.3 Å². The summed E-state index contributed by atoms with van der Waals surface area (Å²) in [6.07, 6.45) is -0.129. The number of hydrogen-bond donors (Lipinski definition) is 4. The van der Waals surface area contributed by atoms with Gasteiger partial charge in [0.15, 0.2) is 5.65 Å². The third-order valence-electron chi connectivity index (χ3n) is 5.88. The topological polar surface area (TPSA) is 109 Å². The zero-order valence-electron chi connectivity index (χ0n) is 17.2. The fourth-order valence-corrected chi connectivity index (χ4v) is 4.19. The van der Waals surface area contributed by atoms with Crippen molar-refractivity contribution in [3.63, 3.8) is 0 Å². The molecule has 0 spiro atoms. The van der Waals surface area contributed by atoms with E-state index in [1.54, 1.807) is 12.1 Å². The van der Waals surface area contributed by atoms with Crippen LogP contribution in [0.5, 0.6) is 5.75 Å². The highest BCUT2D eigenvalue weighted by molar-refractivity contribution is 5.85. The summed E-state index contributed by atoms with van der Waals surface area (Å²) in [5.41, 5.74) is 11.6. The Morgan fingerprint density at radius 2 is 1.97 bits per heavy atom. The number of rotatable bonds is 6. The Morgan fingerprint density at radius 3 is 2.65 bits per heavy atom. The smallest absolute Gasteiger partial charge is 0.182 e. The van der Waals surface area contributed by atoms with E-state index in [2.05, 4.69) is 33.7 Å². The van der Waals surface area contributed by atoms with Gasteiger partial charge in [0.2, 0.25) is 0 Å². The number of benzene rings is 2. The highest BCUT2D eigenvalue weighted by Crippen LogP contribution is 2.38. The Bertz CT molecular complexity index is 1190. The summed E-state index contributed by atoms with van der Waals surface area (Å²) in [4.78, 5) is 4.73. The van der Waals surface area contributed by atoms with Crippen molar-refractivity contribution in [1.29, 1.82) is 0 Å². The summed E-state index contributed by atoms with van der Waals surface area (Å²) in [6.45, 7) is 3.11. The molecule has 0 aliphatic carbocycles. The quantitative estimate of drug-likeness (QED) is 0.384. The largest absolute Gasteiger partial charge is 0.508 e. The van der Waals surface area contributed by atoms with Gasteiger partial charge in [0.05, 0.1) is 18.3 Å². The molecule has 1 fully saturated rings. The lowest BCUT2D eigenvalue weighted by atomic mass is 9.92. The van der Waals surface area contributed by atoms with Crippen LogP contribution in [0, 0.1) is 6.92 Å². The molecule has 7 nitrogen and oxygen atoms in total. The van der Waals surface area contributed by atoms with E-state index in [1.807, 2.05) is 37.3 Å². The normalized spacial score (nSPS) is 19.3. The van der Waals surface area contributed by atoms with Crippen LogP contribution in [0.1, 0.15) is 29.0 Å². The Balaban J connectivity index is 1.50. The van der Waals surface area contributed by atoms with Gasteiger partial charge in [-0.1, -0.05) is 30.3 Å². The van der Waals surface area contributed by atoms with Crippen LogP contribution in [0.15, 0.2) is 60.7 Å². The lowest BCUT2D eigenvalue weighted by Gasteiger charge is -2.40. The Kier molecular flexibility index (Phi) is 5.15. The minimum Gasteiger partial charge on any atom is -0.508 e. The molecule has 4 aromatic rings. The van der Waals surface area contributed by atoms with E-state index >= 15 is 0 Å². The van der Waals surface area contributed by atoms with Crippen molar-refractivity contribution < 1.29 is 9.84 Å². The number of aromatic amines is 1. The van der Waals surface area contributed by atoms with Crippen LogP contribution in [-0.4, -0.2) is 39.5 Å². The minimum atomic E-state index is -0.129. The van der Waals surface area contributed by atoms with E-state index in [1.165, 1.54) is 5.56 Å². The number of aryl methyl sites for hydroxylation is 1. The molecule has 2 aromatic carbocycles. The molecule has 0 amide bonds. The highest BCUT2D eigenvalue weighted by atomic mass is 16.5. The van der Waals surface area contributed by atoms with Gasteiger partial charge in [0.1, 0.15) is 11.9 Å². The molecule has 158 valence electrons. The first-order chi connectivity index (χ1) is 15.1. The molecule has 3 unspecified atom stereocenters. The van der Waals surface area contributed by atoms with Crippen LogP contribution >= 0.6 is 0 Å². The predicted octanol–water partition coefficient (Wildman–Crippen LogP) is 3.37. The van der Waals surface area contributed by atoms with Gasteiger partial charge >= 0.3 is 0 Å². The van der Waals surface area contributed by atoms with E-state index in [4.69, 9.17) is 15.5 Å². The van der Waals surface area contributed by atoms with Crippen molar-refractivity contribution >= 4 is 11.0 Å². The average molecular weight is 415 g/mol. The summed E-state index contributed by atoms with van der Waals surface area (Å²) in [7, 11) is 0. The molecule has 2 aromatic heterocycles. The SMILES string of the molecule is Cc1[nH]nc2nc(-c3ccc(O)cc3)cc(C3OCC3NC(CN)c3ccccc3)c12. The molecular weight excluding hydrogens is 390 g/mol. The summed E-state index contributed by atoms with van der Waals surface area (Å²) < 4.78 is 6.04. The molecule has 1 aliphatic rings. The van der Waals surface area contributed by atoms with Gasteiger partial charge < -0.3 is 20.9 Å². The van der Waals surface area contributed by atoms with Gasteiger partial charge in [-0.3, -0.25) is 5.10 Å². The fourth-order valence-electron chi connectivity index (χ4n) is 4.19. The number of nitrogens with one attached hydrogen (secondary N) is 2. The number of fused-ring (bicyclic) bond motifs is 1. The summed E-state index contributed by atoms with van der Waals surface area (Å²) in [5, 5.41) is 21.7. The van der Waals surface area contributed by atoms with E-state index in [-0.39, 0.29) is 23.9 Å². The van der Waals surface area contributed by atoms with Crippen LogP contribution in [0.2, 0.25) is 0 Å². The second-order valence-corrected chi connectivity index (χ2v) is 7.92. The molecule has 31 heavy (non-hydrogen) atoms. The molecule has 1 saturated heterocycles. The third kappa shape index (κ3) is 3.67. The number of aromatic hydroxyl groups is 1. The molecule has 7 heteroatoms. The average Bonchev–Trinajstić information content (AvgIpc) is 3.15. The second-order valence-electron chi connectivity index (χ2n) is 7.92. The minimum absolute atomic E-state index is 0.0527. The van der Waals surface area contributed by atoms with Gasteiger partial charge in [-0.15, -0.1) is 0 Å². The van der Waals surface area contributed by atoms with Gasteiger partial charge in [-0.2, -0.15) is 5.10 Å². The lowest BCUT2D eigenvalue weighted by Crippen LogP contribution is -2.51. The molecule has 0 saturated carbocycles. The lowest BCUT2D eigenvalue weighted by molar-refractivity contribution is -0.0925. The van der Waals surface area contributed by atoms with Crippen molar-refractivity contribution in [1.82, 2.24) is 20.5 Å². The van der Waals surface area contributed by atoms with Crippen molar-refractivity contribution in [2.45, 2.75) is 25.1 Å². The van der Waals surface area contributed by atoms with E-state index < -0.39 is 0 Å². The van der Waals surface area contributed by atoms with Crippen LogP contribution in [-0.2, 0) is 4.74 Å². The zero-order valence-corrected chi connectivity index (χ0v) is 17.2. The first kappa shape index (κ1) is 19.7. The van der Waals surface area contributed by atoms with Crippen LogP contribution < -0.4 is 11.1 Å². The van der Waals surface area contributed by atoms with Crippen LogP contribution in [0.3, 0.4) is 0 Å². The predicted molar refractivity (Wildman–Crippen MR) is 120 cm³/mol. The second kappa shape index (κ2) is 8.11. The summed E-state index contributed by atoms with van der Waals surface area (Å²) in [6, 6.07) is 19.5. The highest BCUT2D eigenvalue weighted by Gasteiger charge is 2.37. The number of ether oxygens (including phenoxy) is 1. The summed E-state index contributed by atoms with van der Waals surface area (Å²) in [5.74, 6) is 0.223. The Morgan fingerprint density at radius 1 is 1.19 bits per heavy atom. The number of nitrogens with two attached hydrogens (primary N) is 1. The van der Waals surface area contributed by atoms with Crippen molar-refractivity contribution in [3.05, 3.63) is 77.5 Å². The first-order valence-corrected chi connectivity index (χ1v) is 10.4.